The maximum atomic E-state index is 12.5. The van der Waals surface area contributed by atoms with Crippen molar-refractivity contribution in [3.8, 4) is 6.07 Å². The largest absolute Gasteiger partial charge is 0.454 e. The van der Waals surface area contributed by atoms with E-state index >= 15 is 0 Å². The number of nitrogens with zero attached hydrogens (tertiary/aromatic N) is 1. The molecular formula is C19H14F3N3O4. The first-order valence-electron chi connectivity index (χ1n) is 8.11. The van der Waals surface area contributed by atoms with Crippen molar-refractivity contribution in [2.75, 3.05) is 18.5 Å². The molecule has 0 aliphatic heterocycles. The van der Waals surface area contributed by atoms with Crippen LogP contribution in [0.25, 0.3) is 0 Å². The minimum Gasteiger partial charge on any atom is -0.454 e. The van der Waals surface area contributed by atoms with Gasteiger partial charge in [0.05, 0.1) is 16.8 Å². The van der Waals surface area contributed by atoms with Gasteiger partial charge in [-0.05, 0) is 36.4 Å². The predicted octanol–water partition coefficient (Wildman–Crippen LogP) is 2.49. The number of para-hydroxylation sites is 1. The van der Waals surface area contributed by atoms with E-state index in [1.807, 2.05) is 6.07 Å². The van der Waals surface area contributed by atoms with Crippen molar-refractivity contribution >= 4 is 23.5 Å². The van der Waals surface area contributed by atoms with Crippen LogP contribution in [0.5, 0.6) is 0 Å². The van der Waals surface area contributed by atoms with Crippen LogP contribution in [0, 0.1) is 11.3 Å². The van der Waals surface area contributed by atoms with Gasteiger partial charge in [0.1, 0.15) is 12.6 Å². The molecule has 10 heteroatoms. The second-order valence-electron chi connectivity index (χ2n) is 5.62. The van der Waals surface area contributed by atoms with E-state index in [2.05, 4.69) is 10.6 Å². The van der Waals surface area contributed by atoms with Crippen molar-refractivity contribution in [3.63, 3.8) is 0 Å². The number of carbonyl (C=O) groups is 3. The molecule has 2 aromatic rings. The van der Waals surface area contributed by atoms with Gasteiger partial charge in [-0.15, -0.1) is 0 Å². The van der Waals surface area contributed by atoms with Crippen LogP contribution < -0.4 is 10.6 Å². The van der Waals surface area contributed by atoms with Crippen molar-refractivity contribution < 1.29 is 32.3 Å². The van der Waals surface area contributed by atoms with Crippen LogP contribution in [-0.2, 0) is 20.5 Å². The minimum atomic E-state index is -4.52. The van der Waals surface area contributed by atoms with Gasteiger partial charge in [-0.3, -0.25) is 14.4 Å². The van der Waals surface area contributed by atoms with Gasteiger partial charge in [0.2, 0.25) is 0 Å². The highest BCUT2D eigenvalue weighted by atomic mass is 19.4. The zero-order chi connectivity index (χ0) is 21.4. The normalized spacial score (nSPS) is 10.6. The Morgan fingerprint density at radius 2 is 1.69 bits per heavy atom. The summed E-state index contributed by atoms with van der Waals surface area (Å²) in [5, 5.41) is 13.5. The zero-order valence-corrected chi connectivity index (χ0v) is 14.7. The second-order valence-corrected chi connectivity index (χ2v) is 5.62. The Morgan fingerprint density at radius 1 is 1.03 bits per heavy atom. The quantitative estimate of drug-likeness (QED) is 0.718. The van der Waals surface area contributed by atoms with Crippen LogP contribution in [0.4, 0.5) is 18.9 Å². The molecule has 2 rings (SSSR count). The standard InChI is InChI=1S/C19H14F3N3O4/c20-19(21,22)14-7-5-12(6-8-14)18(28)24-10-17(27)29-11-16(26)25-15-4-2-1-3-13(15)9-23/h1-8H,10-11H2,(H,24,28)(H,25,26). The molecule has 7 nitrogen and oxygen atoms in total. The monoisotopic (exact) mass is 405 g/mol. The lowest BCUT2D eigenvalue weighted by molar-refractivity contribution is -0.146. The summed E-state index contributed by atoms with van der Waals surface area (Å²) in [6.07, 6.45) is -4.52. The molecule has 0 bridgehead atoms. The first kappa shape index (κ1) is 21.4. The third kappa shape index (κ3) is 6.35. The van der Waals surface area contributed by atoms with Crippen LogP contribution in [0.2, 0.25) is 0 Å². The average molecular weight is 405 g/mol. The third-order valence-corrected chi connectivity index (χ3v) is 3.55. The van der Waals surface area contributed by atoms with Crippen molar-refractivity contribution in [1.82, 2.24) is 5.32 Å². The number of anilines is 1. The molecule has 0 spiro atoms. The van der Waals surface area contributed by atoms with Gasteiger partial charge in [-0.2, -0.15) is 18.4 Å². The smallest absolute Gasteiger partial charge is 0.416 e. The third-order valence-electron chi connectivity index (χ3n) is 3.55. The summed E-state index contributed by atoms with van der Waals surface area (Å²) in [6.45, 7) is -1.23. The van der Waals surface area contributed by atoms with Gasteiger partial charge in [0.25, 0.3) is 11.8 Å². The van der Waals surface area contributed by atoms with Gasteiger partial charge in [-0.1, -0.05) is 12.1 Å². The number of esters is 1. The van der Waals surface area contributed by atoms with Gasteiger partial charge in [-0.25, -0.2) is 0 Å². The van der Waals surface area contributed by atoms with Crippen LogP contribution in [-0.4, -0.2) is 30.9 Å². The lowest BCUT2D eigenvalue weighted by Gasteiger charge is -2.09. The van der Waals surface area contributed by atoms with E-state index in [4.69, 9.17) is 10.00 Å². The number of hydrogen-bond donors (Lipinski definition) is 2. The predicted molar refractivity (Wildman–Crippen MR) is 94.5 cm³/mol. The SMILES string of the molecule is N#Cc1ccccc1NC(=O)COC(=O)CNC(=O)c1ccc(C(F)(F)F)cc1. The van der Waals surface area contributed by atoms with Crippen LogP contribution in [0.15, 0.2) is 48.5 Å². The highest BCUT2D eigenvalue weighted by molar-refractivity contribution is 5.97. The van der Waals surface area contributed by atoms with E-state index in [9.17, 15) is 27.6 Å². The minimum absolute atomic E-state index is 0.0725. The van der Waals surface area contributed by atoms with E-state index < -0.39 is 42.7 Å². The molecule has 0 saturated carbocycles. The Balaban J connectivity index is 1.78. The second kappa shape index (κ2) is 9.36. The van der Waals surface area contributed by atoms with E-state index in [1.54, 1.807) is 12.1 Å². The molecule has 0 atom stereocenters. The van der Waals surface area contributed by atoms with Gasteiger partial charge >= 0.3 is 12.1 Å². The summed E-state index contributed by atoms with van der Waals surface area (Å²) in [6, 6.07) is 11.6. The molecule has 2 N–H and O–H groups in total. The molecule has 0 aliphatic carbocycles. The summed E-state index contributed by atoms with van der Waals surface area (Å²) < 4.78 is 42.2. The fourth-order valence-electron chi connectivity index (χ4n) is 2.14. The first-order chi connectivity index (χ1) is 13.7. The van der Waals surface area contributed by atoms with Crippen LogP contribution >= 0.6 is 0 Å². The van der Waals surface area contributed by atoms with E-state index in [0.29, 0.717) is 0 Å². The summed E-state index contributed by atoms with van der Waals surface area (Å²) in [5.41, 5.74) is -0.489. The fraction of sp³-hybridized carbons (Fsp3) is 0.158. The van der Waals surface area contributed by atoms with Gasteiger partial charge in [0, 0.05) is 5.56 Å². The number of carbonyl (C=O) groups excluding carboxylic acids is 3. The van der Waals surface area contributed by atoms with Gasteiger partial charge < -0.3 is 15.4 Å². The highest BCUT2D eigenvalue weighted by Gasteiger charge is 2.30. The lowest BCUT2D eigenvalue weighted by Crippen LogP contribution is -2.32. The number of hydrogen-bond acceptors (Lipinski definition) is 5. The van der Waals surface area contributed by atoms with E-state index in [1.165, 1.54) is 12.1 Å². The van der Waals surface area contributed by atoms with E-state index in [-0.39, 0.29) is 16.8 Å². The molecule has 2 aromatic carbocycles. The molecule has 0 aliphatic rings. The maximum absolute atomic E-state index is 12.5. The number of amides is 2. The molecule has 0 aromatic heterocycles. The van der Waals surface area contributed by atoms with Crippen LogP contribution in [0.3, 0.4) is 0 Å². The van der Waals surface area contributed by atoms with Crippen molar-refractivity contribution in [2.24, 2.45) is 0 Å². The average Bonchev–Trinajstić information content (AvgIpc) is 2.70. The highest BCUT2D eigenvalue weighted by Crippen LogP contribution is 2.29. The van der Waals surface area contributed by atoms with Gasteiger partial charge in [0.15, 0.2) is 6.61 Å². The van der Waals surface area contributed by atoms with Crippen molar-refractivity contribution in [3.05, 3.63) is 65.2 Å². The molecule has 29 heavy (non-hydrogen) atoms. The molecule has 0 fully saturated rings. The molecule has 2 amide bonds. The fourth-order valence-corrected chi connectivity index (χ4v) is 2.14. The summed E-state index contributed by atoms with van der Waals surface area (Å²) in [5.74, 6) is -2.38. The number of rotatable bonds is 6. The number of benzene rings is 2. The van der Waals surface area contributed by atoms with Crippen LogP contribution in [0.1, 0.15) is 21.5 Å². The Morgan fingerprint density at radius 3 is 2.31 bits per heavy atom. The van der Waals surface area contributed by atoms with E-state index in [0.717, 1.165) is 24.3 Å². The molecule has 0 saturated heterocycles. The number of nitrogens with one attached hydrogen (secondary N) is 2. The molecule has 0 radical (unpaired) electrons. The number of alkyl halides is 3. The zero-order valence-electron chi connectivity index (χ0n) is 14.7. The Labute approximate surface area is 163 Å². The van der Waals surface area contributed by atoms with Crippen molar-refractivity contribution in [1.29, 1.82) is 5.26 Å². The summed E-state index contributed by atoms with van der Waals surface area (Å²) in [4.78, 5) is 35.3. The summed E-state index contributed by atoms with van der Waals surface area (Å²) >= 11 is 0. The lowest BCUT2D eigenvalue weighted by atomic mass is 10.1. The van der Waals surface area contributed by atoms with Crippen molar-refractivity contribution in [2.45, 2.75) is 6.18 Å². The Bertz CT molecular complexity index is 950. The molecular weight excluding hydrogens is 391 g/mol. The number of nitriles is 1. The maximum Gasteiger partial charge on any atom is 0.416 e. The number of ether oxygens (including phenoxy) is 1. The molecule has 0 heterocycles. The Hall–Kier alpha value is -3.87. The molecule has 150 valence electrons. The molecule has 0 unspecified atom stereocenters. The topological polar surface area (TPSA) is 108 Å². The first-order valence-corrected chi connectivity index (χ1v) is 8.11. The summed E-state index contributed by atoms with van der Waals surface area (Å²) in [7, 11) is 0. The Kier molecular flexibility index (Phi) is 6.92. The number of halogens is 3.